The molecule has 1 rings (SSSR count). The highest BCUT2D eigenvalue weighted by atomic mass is 16.3. The summed E-state index contributed by atoms with van der Waals surface area (Å²) in [7, 11) is 0. The molecule has 0 amide bonds. The number of nitriles is 1. The lowest BCUT2D eigenvalue weighted by Gasteiger charge is -2.18. The molecule has 1 fully saturated rings. The third kappa shape index (κ3) is 1.07. The first-order valence-corrected chi connectivity index (χ1v) is 3.57. The average Bonchev–Trinajstić information content (AvgIpc) is 2.30. The van der Waals surface area contributed by atoms with Crippen molar-refractivity contribution >= 4 is 0 Å². The summed E-state index contributed by atoms with van der Waals surface area (Å²) < 4.78 is 0. The van der Waals surface area contributed by atoms with Crippen molar-refractivity contribution in [3.05, 3.63) is 0 Å². The zero-order valence-electron chi connectivity index (χ0n) is 6.12. The van der Waals surface area contributed by atoms with Crippen LogP contribution in [0.3, 0.4) is 0 Å². The third-order valence-electron chi connectivity index (χ3n) is 2.20. The molecule has 0 aromatic carbocycles. The molecule has 3 nitrogen and oxygen atoms in total. The lowest BCUT2D eigenvalue weighted by molar-refractivity contribution is 0.178. The molecule has 2 unspecified atom stereocenters. The Kier molecular flexibility index (Phi) is 2.13. The SMILES string of the molecule is CC1CCN(C#N)C1CO. The summed E-state index contributed by atoms with van der Waals surface area (Å²) in [5.74, 6) is 0.463. The van der Waals surface area contributed by atoms with Crippen LogP contribution in [0.4, 0.5) is 0 Å². The summed E-state index contributed by atoms with van der Waals surface area (Å²) in [6, 6.07) is 0.0741. The van der Waals surface area contributed by atoms with Crippen LogP contribution in [0.1, 0.15) is 13.3 Å². The standard InChI is InChI=1S/C7H12N2O/c1-6-2-3-9(5-8)7(6)4-10/h6-7,10H,2-4H2,1H3. The molecule has 1 saturated heterocycles. The molecule has 0 aliphatic carbocycles. The molecule has 10 heavy (non-hydrogen) atoms. The second-order valence-corrected chi connectivity index (χ2v) is 2.81. The first-order valence-electron chi connectivity index (χ1n) is 3.57. The molecule has 0 saturated carbocycles. The van der Waals surface area contributed by atoms with Crippen LogP contribution in [-0.4, -0.2) is 29.2 Å². The normalized spacial score (nSPS) is 32.3. The molecule has 1 aliphatic heterocycles. The van der Waals surface area contributed by atoms with Gasteiger partial charge < -0.3 is 10.0 Å². The zero-order valence-corrected chi connectivity index (χ0v) is 6.12. The van der Waals surface area contributed by atoms with Gasteiger partial charge in [-0.3, -0.25) is 0 Å². The van der Waals surface area contributed by atoms with Crippen LogP contribution < -0.4 is 0 Å². The van der Waals surface area contributed by atoms with E-state index >= 15 is 0 Å². The maximum Gasteiger partial charge on any atom is 0.179 e. The van der Waals surface area contributed by atoms with Crippen LogP contribution in [0, 0.1) is 17.4 Å². The molecular weight excluding hydrogens is 128 g/mol. The third-order valence-corrected chi connectivity index (χ3v) is 2.20. The van der Waals surface area contributed by atoms with Gasteiger partial charge in [0.15, 0.2) is 6.19 Å². The van der Waals surface area contributed by atoms with Gasteiger partial charge in [-0.25, -0.2) is 0 Å². The van der Waals surface area contributed by atoms with E-state index in [1.807, 2.05) is 0 Å². The van der Waals surface area contributed by atoms with E-state index in [-0.39, 0.29) is 12.6 Å². The minimum atomic E-state index is 0.0741. The smallest absolute Gasteiger partial charge is 0.179 e. The molecule has 0 aromatic heterocycles. The quantitative estimate of drug-likeness (QED) is 0.528. The molecule has 0 bridgehead atoms. The second kappa shape index (κ2) is 2.89. The lowest BCUT2D eigenvalue weighted by Crippen LogP contribution is -2.31. The van der Waals surface area contributed by atoms with Crippen molar-refractivity contribution in [3.63, 3.8) is 0 Å². The van der Waals surface area contributed by atoms with Crippen molar-refractivity contribution in [1.82, 2.24) is 4.90 Å². The average molecular weight is 140 g/mol. The number of hydrogen-bond acceptors (Lipinski definition) is 3. The van der Waals surface area contributed by atoms with Gasteiger partial charge in [0.25, 0.3) is 0 Å². The molecule has 1 N–H and O–H groups in total. The van der Waals surface area contributed by atoms with Gasteiger partial charge in [0, 0.05) is 6.54 Å². The maximum atomic E-state index is 8.85. The number of hydrogen-bond donors (Lipinski definition) is 1. The fourth-order valence-electron chi connectivity index (χ4n) is 1.41. The fraction of sp³-hybridized carbons (Fsp3) is 0.857. The predicted molar refractivity (Wildman–Crippen MR) is 37.0 cm³/mol. The number of rotatable bonds is 1. The van der Waals surface area contributed by atoms with Crippen LogP contribution >= 0.6 is 0 Å². The molecule has 0 aromatic rings. The first-order chi connectivity index (χ1) is 4.79. The van der Waals surface area contributed by atoms with E-state index in [0.29, 0.717) is 5.92 Å². The van der Waals surface area contributed by atoms with Crippen LogP contribution in [0.15, 0.2) is 0 Å². The molecule has 0 spiro atoms. The highest BCUT2D eigenvalue weighted by molar-refractivity contribution is 4.91. The second-order valence-electron chi connectivity index (χ2n) is 2.81. The van der Waals surface area contributed by atoms with Crippen LogP contribution in [0.5, 0.6) is 0 Å². The Hall–Kier alpha value is -0.750. The molecule has 2 atom stereocenters. The number of nitrogens with zero attached hydrogens (tertiary/aromatic N) is 2. The number of aliphatic hydroxyl groups is 1. The summed E-state index contributed by atoms with van der Waals surface area (Å²) in [4.78, 5) is 1.66. The van der Waals surface area contributed by atoms with Gasteiger partial charge in [0.1, 0.15) is 0 Å². The van der Waals surface area contributed by atoms with E-state index < -0.39 is 0 Å². The summed E-state index contributed by atoms with van der Waals surface area (Å²) in [5, 5.41) is 17.4. The summed E-state index contributed by atoms with van der Waals surface area (Å²) in [5.41, 5.74) is 0. The molecule has 1 aliphatic rings. The van der Waals surface area contributed by atoms with Gasteiger partial charge in [0.2, 0.25) is 0 Å². The van der Waals surface area contributed by atoms with E-state index in [1.54, 1.807) is 4.90 Å². The van der Waals surface area contributed by atoms with Crippen molar-refractivity contribution in [2.24, 2.45) is 5.92 Å². The van der Waals surface area contributed by atoms with E-state index in [4.69, 9.17) is 10.4 Å². The predicted octanol–water partition coefficient (Wildman–Crippen LogP) is 0.170. The minimum absolute atomic E-state index is 0.0741. The molecule has 0 radical (unpaired) electrons. The van der Waals surface area contributed by atoms with Crippen LogP contribution in [0.25, 0.3) is 0 Å². The van der Waals surface area contributed by atoms with Crippen molar-refractivity contribution in [2.75, 3.05) is 13.2 Å². The van der Waals surface area contributed by atoms with Crippen molar-refractivity contribution in [2.45, 2.75) is 19.4 Å². The Morgan fingerprint density at radius 2 is 2.50 bits per heavy atom. The van der Waals surface area contributed by atoms with Crippen LogP contribution in [0.2, 0.25) is 0 Å². The fourth-order valence-corrected chi connectivity index (χ4v) is 1.41. The Morgan fingerprint density at radius 3 is 2.90 bits per heavy atom. The Balaban J connectivity index is 2.56. The van der Waals surface area contributed by atoms with E-state index in [2.05, 4.69) is 13.1 Å². The Morgan fingerprint density at radius 1 is 1.80 bits per heavy atom. The van der Waals surface area contributed by atoms with E-state index in [0.717, 1.165) is 13.0 Å². The zero-order chi connectivity index (χ0) is 7.56. The Bertz CT molecular complexity index is 152. The van der Waals surface area contributed by atoms with Gasteiger partial charge in [-0.1, -0.05) is 6.92 Å². The summed E-state index contributed by atoms with van der Waals surface area (Å²) in [6.07, 6.45) is 3.10. The largest absolute Gasteiger partial charge is 0.394 e. The monoisotopic (exact) mass is 140 g/mol. The molecule has 1 heterocycles. The van der Waals surface area contributed by atoms with E-state index in [9.17, 15) is 0 Å². The van der Waals surface area contributed by atoms with Crippen molar-refractivity contribution in [3.8, 4) is 6.19 Å². The van der Waals surface area contributed by atoms with E-state index in [1.165, 1.54) is 0 Å². The molecule has 3 heteroatoms. The summed E-state index contributed by atoms with van der Waals surface area (Å²) >= 11 is 0. The lowest BCUT2D eigenvalue weighted by atomic mass is 10.0. The maximum absolute atomic E-state index is 8.85. The molecule has 56 valence electrons. The van der Waals surface area contributed by atoms with Crippen molar-refractivity contribution in [1.29, 1.82) is 5.26 Å². The van der Waals surface area contributed by atoms with Gasteiger partial charge in [-0.15, -0.1) is 0 Å². The van der Waals surface area contributed by atoms with Gasteiger partial charge in [-0.2, -0.15) is 5.26 Å². The van der Waals surface area contributed by atoms with Gasteiger partial charge in [0.05, 0.1) is 12.6 Å². The summed E-state index contributed by atoms with van der Waals surface area (Å²) in [6.45, 7) is 2.98. The number of likely N-dealkylation sites (tertiary alicyclic amines) is 1. The van der Waals surface area contributed by atoms with Gasteiger partial charge in [-0.05, 0) is 12.3 Å². The first kappa shape index (κ1) is 7.36. The highest BCUT2D eigenvalue weighted by Gasteiger charge is 2.29. The van der Waals surface area contributed by atoms with Gasteiger partial charge >= 0.3 is 0 Å². The molecular formula is C7H12N2O. The highest BCUT2D eigenvalue weighted by Crippen LogP contribution is 2.21. The van der Waals surface area contributed by atoms with Crippen molar-refractivity contribution < 1.29 is 5.11 Å². The minimum Gasteiger partial charge on any atom is -0.394 e. The Labute approximate surface area is 60.9 Å². The van der Waals surface area contributed by atoms with Crippen LogP contribution in [-0.2, 0) is 0 Å². The topological polar surface area (TPSA) is 47.3 Å². The number of aliphatic hydroxyl groups excluding tert-OH is 1.